The molecule has 2 N–H and O–H groups in total. The van der Waals surface area contributed by atoms with Gasteiger partial charge in [-0.05, 0) is 30.7 Å². The molecule has 0 saturated heterocycles. The summed E-state index contributed by atoms with van der Waals surface area (Å²) in [5.41, 5.74) is 1.19. The van der Waals surface area contributed by atoms with Crippen molar-refractivity contribution in [1.29, 1.82) is 0 Å². The second-order valence-corrected chi connectivity index (χ2v) is 3.39. The van der Waals surface area contributed by atoms with E-state index in [4.69, 9.17) is 16.3 Å². The predicted molar refractivity (Wildman–Crippen MR) is 64.2 cm³/mol. The van der Waals surface area contributed by atoms with Crippen LogP contribution in [0.3, 0.4) is 0 Å². The van der Waals surface area contributed by atoms with E-state index >= 15 is 0 Å². The maximum absolute atomic E-state index is 8.61. The van der Waals surface area contributed by atoms with Crippen LogP contribution in [0, 0.1) is 12.3 Å². The average Bonchev–Trinajstić information content (AvgIpc) is 2.33. The third kappa shape index (κ3) is 4.83. The second kappa shape index (κ2) is 7.75. The smallest absolute Gasteiger partial charge is 0.148 e. The molecule has 0 aliphatic rings. The molecule has 0 atom stereocenters. The minimum atomic E-state index is 0.228. The lowest BCUT2D eigenvalue weighted by atomic mass is 10.2. The van der Waals surface area contributed by atoms with E-state index in [0.717, 1.165) is 25.3 Å². The lowest BCUT2D eigenvalue weighted by Gasteiger charge is -2.05. The number of aliphatic hydroxyl groups is 1. The number of hydrogen-bond donors (Lipinski definition) is 2. The van der Waals surface area contributed by atoms with Gasteiger partial charge in [0.05, 0.1) is 0 Å². The minimum absolute atomic E-state index is 0.228. The van der Waals surface area contributed by atoms with Gasteiger partial charge in [-0.15, -0.1) is 6.42 Å². The number of hydrogen-bond acceptors (Lipinski definition) is 3. The van der Waals surface area contributed by atoms with Gasteiger partial charge in [-0.3, -0.25) is 0 Å². The number of ether oxygens (including phenoxy) is 1. The Morgan fingerprint density at radius 3 is 2.69 bits per heavy atom. The fourth-order valence-corrected chi connectivity index (χ4v) is 1.27. The summed E-state index contributed by atoms with van der Waals surface area (Å²) in [5, 5.41) is 11.8. The number of benzene rings is 1. The normalized spacial score (nSPS) is 9.75. The van der Waals surface area contributed by atoms with E-state index < -0.39 is 0 Å². The molecule has 0 bridgehead atoms. The van der Waals surface area contributed by atoms with Crippen molar-refractivity contribution >= 4 is 0 Å². The van der Waals surface area contributed by atoms with Crippen molar-refractivity contribution in [3.05, 3.63) is 29.8 Å². The van der Waals surface area contributed by atoms with Gasteiger partial charge in [0.25, 0.3) is 0 Å². The summed E-state index contributed by atoms with van der Waals surface area (Å²) in [6, 6.07) is 7.80. The van der Waals surface area contributed by atoms with Crippen LogP contribution in [0.5, 0.6) is 5.75 Å². The molecule has 0 saturated carbocycles. The monoisotopic (exact) mass is 219 g/mol. The van der Waals surface area contributed by atoms with E-state index in [1.165, 1.54) is 5.56 Å². The average molecular weight is 219 g/mol. The summed E-state index contributed by atoms with van der Waals surface area (Å²) in [6.07, 6.45) is 5.88. The first-order chi connectivity index (χ1) is 7.86. The van der Waals surface area contributed by atoms with Crippen molar-refractivity contribution in [1.82, 2.24) is 5.32 Å². The third-order valence-corrected chi connectivity index (χ3v) is 2.09. The standard InChI is InChI=1S/C13H17NO2/c1-2-10-16-13-6-4-12(5-7-13)11-14-8-3-9-15/h1,4-7,14-15H,3,8-11H2. The third-order valence-electron chi connectivity index (χ3n) is 2.09. The second-order valence-electron chi connectivity index (χ2n) is 3.39. The molecule has 1 aromatic rings. The first-order valence-corrected chi connectivity index (χ1v) is 5.33. The highest BCUT2D eigenvalue weighted by atomic mass is 16.5. The van der Waals surface area contributed by atoms with E-state index in [-0.39, 0.29) is 6.61 Å². The van der Waals surface area contributed by atoms with E-state index in [1.54, 1.807) is 0 Å². The molecule has 0 aliphatic heterocycles. The Balaban J connectivity index is 2.31. The predicted octanol–water partition coefficient (Wildman–Crippen LogP) is 1.17. The fourth-order valence-electron chi connectivity index (χ4n) is 1.27. The number of nitrogens with one attached hydrogen (secondary N) is 1. The van der Waals surface area contributed by atoms with E-state index in [2.05, 4.69) is 11.2 Å². The van der Waals surface area contributed by atoms with Gasteiger partial charge < -0.3 is 15.2 Å². The number of terminal acetylenes is 1. The van der Waals surface area contributed by atoms with Crippen LogP contribution in [-0.4, -0.2) is 24.9 Å². The van der Waals surface area contributed by atoms with Gasteiger partial charge in [0.1, 0.15) is 12.4 Å². The summed E-state index contributed by atoms with van der Waals surface area (Å²) < 4.78 is 5.26. The Kier molecular flexibility index (Phi) is 6.09. The Labute approximate surface area is 96.4 Å². The van der Waals surface area contributed by atoms with Crippen molar-refractivity contribution in [2.75, 3.05) is 19.8 Å². The molecule has 0 amide bonds. The molecule has 1 aromatic carbocycles. The van der Waals surface area contributed by atoms with Gasteiger partial charge >= 0.3 is 0 Å². The van der Waals surface area contributed by atoms with Gasteiger partial charge in [0.15, 0.2) is 0 Å². The molecule has 16 heavy (non-hydrogen) atoms. The van der Waals surface area contributed by atoms with Crippen LogP contribution in [0.1, 0.15) is 12.0 Å². The van der Waals surface area contributed by atoms with Gasteiger partial charge in [-0.25, -0.2) is 0 Å². The summed E-state index contributed by atoms with van der Waals surface area (Å²) >= 11 is 0. The molecule has 3 nitrogen and oxygen atoms in total. The summed E-state index contributed by atoms with van der Waals surface area (Å²) in [4.78, 5) is 0. The molecular formula is C13H17NO2. The van der Waals surface area contributed by atoms with Crippen LogP contribution in [0.2, 0.25) is 0 Å². The molecule has 1 rings (SSSR count). The molecule has 0 radical (unpaired) electrons. The maximum Gasteiger partial charge on any atom is 0.148 e. The molecule has 0 aliphatic carbocycles. The van der Waals surface area contributed by atoms with Crippen molar-refractivity contribution in [2.24, 2.45) is 0 Å². The lowest BCUT2D eigenvalue weighted by Crippen LogP contribution is -2.15. The first-order valence-electron chi connectivity index (χ1n) is 5.33. The van der Waals surface area contributed by atoms with E-state index in [1.807, 2.05) is 24.3 Å². The van der Waals surface area contributed by atoms with Gasteiger partial charge in [0, 0.05) is 13.2 Å². The van der Waals surface area contributed by atoms with Gasteiger partial charge in [0.2, 0.25) is 0 Å². The van der Waals surface area contributed by atoms with Crippen molar-refractivity contribution in [3.63, 3.8) is 0 Å². The Hall–Kier alpha value is -1.50. The van der Waals surface area contributed by atoms with Crippen LogP contribution >= 0.6 is 0 Å². The fraction of sp³-hybridized carbons (Fsp3) is 0.385. The zero-order valence-electron chi connectivity index (χ0n) is 9.28. The lowest BCUT2D eigenvalue weighted by molar-refractivity contribution is 0.286. The van der Waals surface area contributed by atoms with Crippen LogP contribution in [0.15, 0.2) is 24.3 Å². The van der Waals surface area contributed by atoms with Crippen LogP contribution < -0.4 is 10.1 Å². The zero-order valence-corrected chi connectivity index (χ0v) is 9.28. The molecule has 0 heterocycles. The SMILES string of the molecule is C#CCOc1ccc(CNCCCO)cc1. The molecule has 3 heteroatoms. The van der Waals surface area contributed by atoms with Crippen molar-refractivity contribution in [2.45, 2.75) is 13.0 Å². The number of aliphatic hydroxyl groups excluding tert-OH is 1. The summed E-state index contributed by atoms with van der Waals surface area (Å²) in [5.74, 6) is 3.21. The van der Waals surface area contributed by atoms with Crippen molar-refractivity contribution in [3.8, 4) is 18.1 Å². The number of rotatable bonds is 7. The van der Waals surface area contributed by atoms with Crippen LogP contribution in [-0.2, 0) is 6.54 Å². The van der Waals surface area contributed by atoms with Crippen molar-refractivity contribution < 1.29 is 9.84 Å². The molecule has 86 valence electrons. The zero-order chi connectivity index (χ0) is 11.6. The van der Waals surface area contributed by atoms with E-state index in [0.29, 0.717) is 6.61 Å². The Bertz CT molecular complexity index is 327. The highest BCUT2D eigenvalue weighted by Crippen LogP contribution is 2.11. The summed E-state index contributed by atoms with van der Waals surface area (Å²) in [7, 11) is 0. The van der Waals surface area contributed by atoms with Gasteiger partial charge in [-0.2, -0.15) is 0 Å². The first kappa shape index (κ1) is 12.6. The molecule has 0 unspecified atom stereocenters. The van der Waals surface area contributed by atoms with Crippen LogP contribution in [0.25, 0.3) is 0 Å². The van der Waals surface area contributed by atoms with Crippen LogP contribution in [0.4, 0.5) is 0 Å². The maximum atomic E-state index is 8.61. The largest absolute Gasteiger partial charge is 0.481 e. The van der Waals surface area contributed by atoms with E-state index in [9.17, 15) is 0 Å². The highest BCUT2D eigenvalue weighted by molar-refractivity contribution is 5.27. The Morgan fingerprint density at radius 2 is 2.06 bits per heavy atom. The minimum Gasteiger partial charge on any atom is -0.481 e. The topological polar surface area (TPSA) is 41.5 Å². The molecular weight excluding hydrogens is 202 g/mol. The molecule has 0 aromatic heterocycles. The summed E-state index contributed by atoms with van der Waals surface area (Å²) in [6.45, 7) is 2.15. The quantitative estimate of drug-likeness (QED) is 0.534. The van der Waals surface area contributed by atoms with Gasteiger partial charge in [-0.1, -0.05) is 18.1 Å². The Morgan fingerprint density at radius 1 is 1.31 bits per heavy atom. The highest BCUT2D eigenvalue weighted by Gasteiger charge is 1.94. The molecule has 0 spiro atoms. The molecule has 0 fully saturated rings.